The molecular formula is C14H14O2. The van der Waals surface area contributed by atoms with Crippen LogP contribution in [0.4, 0.5) is 0 Å². The Bertz CT molecular complexity index is 530. The topological polar surface area (TPSA) is 40.5 Å². The van der Waals surface area contributed by atoms with Crippen molar-refractivity contribution in [1.82, 2.24) is 0 Å². The van der Waals surface area contributed by atoms with Crippen LogP contribution >= 0.6 is 0 Å². The van der Waals surface area contributed by atoms with Gasteiger partial charge >= 0.3 is 0 Å². The number of phenolic OH excluding ortho intramolecular Hbond substituents is 2. The first-order valence-electron chi connectivity index (χ1n) is 5.18. The summed E-state index contributed by atoms with van der Waals surface area (Å²) in [5.74, 6) is 0.517. The smallest absolute Gasteiger partial charge is 0.119 e. The minimum atomic E-state index is 0.236. The van der Waals surface area contributed by atoms with E-state index in [0.29, 0.717) is 0 Å². The molecule has 0 radical (unpaired) electrons. The molecule has 0 saturated carbocycles. The van der Waals surface area contributed by atoms with Crippen molar-refractivity contribution in [2.75, 3.05) is 0 Å². The number of aryl methyl sites for hydroxylation is 1. The molecule has 0 aliphatic rings. The number of phenols is 2. The Hall–Kier alpha value is -1.96. The predicted octanol–water partition coefficient (Wildman–Crippen LogP) is 3.38. The predicted molar refractivity (Wildman–Crippen MR) is 64.7 cm³/mol. The molecule has 0 amide bonds. The summed E-state index contributed by atoms with van der Waals surface area (Å²) in [7, 11) is 0. The monoisotopic (exact) mass is 214 g/mol. The highest BCUT2D eigenvalue weighted by Crippen LogP contribution is 2.33. The van der Waals surface area contributed by atoms with Gasteiger partial charge < -0.3 is 10.2 Å². The minimum absolute atomic E-state index is 0.236. The van der Waals surface area contributed by atoms with E-state index in [4.69, 9.17) is 0 Å². The van der Waals surface area contributed by atoms with E-state index in [2.05, 4.69) is 0 Å². The van der Waals surface area contributed by atoms with Crippen LogP contribution in [0.2, 0.25) is 0 Å². The second-order valence-corrected chi connectivity index (χ2v) is 3.95. The fraction of sp³-hybridized carbons (Fsp3) is 0.143. The molecule has 2 heteroatoms. The highest BCUT2D eigenvalue weighted by Gasteiger charge is 2.09. The third-order valence-electron chi connectivity index (χ3n) is 2.78. The molecule has 0 aliphatic carbocycles. The van der Waals surface area contributed by atoms with Gasteiger partial charge in [-0.25, -0.2) is 0 Å². The van der Waals surface area contributed by atoms with Gasteiger partial charge in [-0.15, -0.1) is 0 Å². The Morgan fingerprint density at radius 3 is 2.38 bits per heavy atom. The lowest BCUT2D eigenvalue weighted by atomic mass is 9.95. The third kappa shape index (κ3) is 1.74. The zero-order valence-electron chi connectivity index (χ0n) is 9.36. The molecule has 0 saturated heterocycles. The van der Waals surface area contributed by atoms with E-state index >= 15 is 0 Å². The van der Waals surface area contributed by atoms with Crippen LogP contribution in [0.25, 0.3) is 11.1 Å². The highest BCUT2D eigenvalue weighted by atomic mass is 16.3. The summed E-state index contributed by atoms with van der Waals surface area (Å²) in [5.41, 5.74) is 3.83. The van der Waals surface area contributed by atoms with Crippen LogP contribution in [-0.4, -0.2) is 10.2 Å². The Morgan fingerprint density at radius 2 is 1.69 bits per heavy atom. The molecule has 0 heterocycles. The molecular weight excluding hydrogens is 200 g/mol. The Morgan fingerprint density at radius 1 is 0.938 bits per heavy atom. The molecule has 82 valence electrons. The van der Waals surface area contributed by atoms with Gasteiger partial charge in [0, 0.05) is 0 Å². The van der Waals surface area contributed by atoms with Gasteiger partial charge in [0.1, 0.15) is 11.5 Å². The summed E-state index contributed by atoms with van der Waals surface area (Å²) in [4.78, 5) is 0. The van der Waals surface area contributed by atoms with Crippen LogP contribution in [0.3, 0.4) is 0 Å². The van der Waals surface area contributed by atoms with Gasteiger partial charge in [0.25, 0.3) is 0 Å². The number of hydrogen-bond donors (Lipinski definition) is 2. The fourth-order valence-electron chi connectivity index (χ4n) is 1.94. The van der Waals surface area contributed by atoms with Crippen molar-refractivity contribution in [3.05, 3.63) is 47.5 Å². The first-order valence-corrected chi connectivity index (χ1v) is 5.18. The van der Waals surface area contributed by atoms with Gasteiger partial charge in [-0.1, -0.05) is 18.2 Å². The van der Waals surface area contributed by atoms with E-state index in [9.17, 15) is 10.2 Å². The Kier molecular flexibility index (Phi) is 2.57. The van der Waals surface area contributed by atoms with Crippen molar-refractivity contribution in [2.45, 2.75) is 13.8 Å². The Labute approximate surface area is 94.8 Å². The first-order chi connectivity index (χ1) is 7.59. The van der Waals surface area contributed by atoms with Crippen LogP contribution in [0, 0.1) is 13.8 Å². The summed E-state index contributed by atoms with van der Waals surface area (Å²) < 4.78 is 0. The average molecular weight is 214 g/mol. The summed E-state index contributed by atoms with van der Waals surface area (Å²) >= 11 is 0. The average Bonchev–Trinajstić information content (AvgIpc) is 2.24. The molecule has 0 atom stereocenters. The van der Waals surface area contributed by atoms with E-state index in [1.807, 2.05) is 26.0 Å². The molecule has 0 bridgehead atoms. The van der Waals surface area contributed by atoms with Crippen molar-refractivity contribution in [2.24, 2.45) is 0 Å². The molecule has 0 aliphatic heterocycles. The van der Waals surface area contributed by atoms with Crippen LogP contribution < -0.4 is 0 Å². The summed E-state index contributed by atoms with van der Waals surface area (Å²) in [6, 6.07) is 10.6. The van der Waals surface area contributed by atoms with Crippen molar-refractivity contribution in [3.63, 3.8) is 0 Å². The molecule has 0 unspecified atom stereocenters. The number of rotatable bonds is 1. The van der Waals surface area contributed by atoms with Crippen molar-refractivity contribution in [3.8, 4) is 22.6 Å². The molecule has 2 aromatic carbocycles. The van der Waals surface area contributed by atoms with Crippen LogP contribution in [0.1, 0.15) is 11.1 Å². The van der Waals surface area contributed by atoms with Crippen molar-refractivity contribution < 1.29 is 10.2 Å². The van der Waals surface area contributed by atoms with Gasteiger partial charge in [-0.2, -0.15) is 0 Å². The van der Waals surface area contributed by atoms with E-state index in [1.54, 1.807) is 24.3 Å². The molecule has 2 N–H and O–H groups in total. The molecule has 2 nitrogen and oxygen atoms in total. The molecule has 0 fully saturated rings. The third-order valence-corrected chi connectivity index (χ3v) is 2.78. The first kappa shape index (κ1) is 10.6. The molecule has 2 rings (SSSR count). The van der Waals surface area contributed by atoms with Gasteiger partial charge in [-0.05, 0) is 54.3 Å². The normalized spacial score (nSPS) is 10.4. The SMILES string of the molecule is Cc1ccc(O)c(C)c1-c1cccc(O)c1. The van der Waals surface area contributed by atoms with Gasteiger partial charge in [-0.3, -0.25) is 0 Å². The maximum atomic E-state index is 9.69. The molecule has 2 aromatic rings. The lowest BCUT2D eigenvalue weighted by Crippen LogP contribution is -1.88. The second-order valence-electron chi connectivity index (χ2n) is 3.95. The minimum Gasteiger partial charge on any atom is -0.508 e. The van der Waals surface area contributed by atoms with Gasteiger partial charge in [0.2, 0.25) is 0 Å². The second kappa shape index (κ2) is 3.89. The van der Waals surface area contributed by atoms with E-state index in [-0.39, 0.29) is 11.5 Å². The maximum absolute atomic E-state index is 9.69. The number of benzene rings is 2. The van der Waals surface area contributed by atoms with E-state index in [1.165, 1.54) is 0 Å². The molecule has 0 aromatic heterocycles. The molecule has 16 heavy (non-hydrogen) atoms. The summed E-state index contributed by atoms with van der Waals surface area (Å²) in [6.45, 7) is 3.87. The van der Waals surface area contributed by atoms with Gasteiger partial charge in [0.15, 0.2) is 0 Å². The van der Waals surface area contributed by atoms with Crippen LogP contribution in [0.5, 0.6) is 11.5 Å². The van der Waals surface area contributed by atoms with E-state index in [0.717, 1.165) is 22.3 Å². The highest BCUT2D eigenvalue weighted by molar-refractivity contribution is 5.73. The number of aromatic hydroxyl groups is 2. The van der Waals surface area contributed by atoms with Crippen LogP contribution in [-0.2, 0) is 0 Å². The summed E-state index contributed by atoms with van der Waals surface area (Å²) in [5, 5.41) is 19.2. The van der Waals surface area contributed by atoms with Crippen LogP contribution in [0.15, 0.2) is 36.4 Å². The van der Waals surface area contributed by atoms with Crippen molar-refractivity contribution in [1.29, 1.82) is 0 Å². The zero-order chi connectivity index (χ0) is 11.7. The van der Waals surface area contributed by atoms with Crippen molar-refractivity contribution >= 4 is 0 Å². The molecule has 0 spiro atoms. The van der Waals surface area contributed by atoms with Gasteiger partial charge in [0.05, 0.1) is 0 Å². The van der Waals surface area contributed by atoms with E-state index < -0.39 is 0 Å². The quantitative estimate of drug-likeness (QED) is 0.764. The summed E-state index contributed by atoms with van der Waals surface area (Å²) in [6.07, 6.45) is 0. The zero-order valence-corrected chi connectivity index (χ0v) is 9.36. The largest absolute Gasteiger partial charge is 0.508 e. The Balaban J connectivity index is 2.68. The number of hydrogen-bond acceptors (Lipinski definition) is 2. The maximum Gasteiger partial charge on any atom is 0.119 e. The fourth-order valence-corrected chi connectivity index (χ4v) is 1.94. The lowest BCUT2D eigenvalue weighted by molar-refractivity contribution is 0.471. The standard InChI is InChI=1S/C14H14O2/c1-9-6-7-13(16)10(2)14(9)11-4-3-5-12(15)8-11/h3-8,15-16H,1-2H3. The lowest BCUT2D eigenvalue weighted by Gasteiger charge is -2.11.